The summed E-state index contributed by atoms with van der Waals surface area (Å²) in [5.74, 6) is 0.924. The summed E-state index contributed by atoms with van der Waals surface area (Å²) in [4.78, 5) is 25.9. The van der Waals surface area contributed by atoms with E-state index in [2.05, 4.69) is 25.1 Å². The van der Waals surface area contributed by atoms with Crippen LogP contribution in [0, 0.1) is 13.8 Å². The number of fused-ring (bicyclic) bond motifs is 1. The van der Waals surface area contributed by atoms with Crippen LogP contribution in [0.5, 0.6) is 0 Å². The fraction of sp³-hybridized carbons (Fsp3) is 0.318. The first-order valence-electron chi connectivity index (χ1n) is 10.3. The Morgan fingerprint density at radius 1 is 1.00 bits per heavy atom. The molecule has 5 rings (SSSR count). The SMILES string of the molecule is Cc1cc(C)n(-c2ccc(C(=O)N3CCN(c4ncnc5c4cnn5C)CC3)cc2)n1. The Bertz CT molecular complexity index is 1250. The molecule has 0 saturated carbocycles. The van der Waals surface area contributed by atoms with Crippen molar-refractivity contribution in [1.29, 1.82) is 0 Å². The van der Waals surface area contributed by atoms with Crippen molar-refractivity contribution in [2.75, 3.05) is 31.1 Å². The van der Waals surface area contributed by atoms with E-state index in [4.69, 9.17) is 0 Å². The Labute approximate surface area is 179 Å². The number of amides is 1. The zero-order chi connectivity index (χ0) is 21.5. The van der Waals surface area contributed by atoms with Crippen molar-refractivity contribution in [3.8, 4) is 5.69 Å². The maximum Gasteiger partial charge on any atom is 0.253 e. The van der Waals surface area contributed by atoms with E-state index >= 15 is 0 Å². The highest BCUT2D eigenvalue weighted by molar-refractivity contribution is 5.94. The van der Waals surface area contributed by atoms with Gasteiger partial charge in [0.1, 0.15) is 12.1 Å². The number of nitrogens with zero attached hydrogens (tertiary/aromatic N) is 8. The fourth-order valence-electron chi connectivity index (χ4n) is 4.14. The van der Waals surface area contributed by atoms with Crippen LogP contribution in [0.1, 0.15) is 21.7 Å². The molecule has 0 unspecified atom stereocenters. The summed E-state index contributed by atoms with van der Waals surface area (Å²) in [7, 11) is 1.87. The molecule has 1 aliphatic rings. The lowest BCUT2D eigenvalue weighted by atomic mass is 10.1. The van der Waals surface area contributed by atoms with Crippen LogP contribution in [0.3, 0.4) is 0 Å². The van der Waals surface area contributed by atoms with Gasteiger partial charge in [-0.2, -0.15) is 10.2 Å². The maximum atomic E-state index is 13.0. The Hall–Kier alpha value is -3.75. The third-order valence-corrected chi connectivity index (χ3v) is 5.74. The van der Waals surface area contributed by atoms with E-state index < -0.39 is 0 Å². The highest BCUT2D eigenvalue weighted by Crippen LogP contribution is 2.23. The Balaban J connectivity index is 1.28. The minimum absolute atomic E-state index is 0.0498. The average Bonchev–Trinajstić information content (AvgIpc) is 3.34. The number of carbonyl (C=O) groups is 1. The van der Waals surface area contributed by atoms with Crippen LogP contribution in [0.25, 0.3) is 16.7 Å². The summed E-state index contributed by atoms with van der Waals surface area (Å²) < 4.78 is 3.64. The van der Waals surface area contributed by atoms with Crippen molar-refractivity contribution >= 4 is 22.8 Å². The van der Waals surface area contributed by atoms with Crippen LogP contribution in [-0.4, -0.2) is 66.5 Å². The van der Waals surface area contributed by atoms with E-state index in [0.717, 1.165) is 47.0 Å². The number of benzene rings is 1. The second kappa shape index (κ2) is 7.50. The molecule has 1 aromatic carbocycles. The lowest BCUT2D eigenvalue weighted by Gasteiger charge is -2.35. The van der Waals surface area contributed by atoms with Crippen LogP contribution in [0.2, 0.25) is 0 Å². The Morgan fingerprint density at radius 2 is 1.74 bits per heavy atom. The van der Waals surface area contributed by atoms with Gasteiger partial charge < -0.3 is 9.80 Å². The molecule has 0 spiro atoms. The van der Waals surface area contributed by atoms with Gasteiger partial charge in [-0.25, -0.2) is 14.6 Å². The number of carbonyl (C=O) groups excluding carboxylic acids is 1. The first kappa shape index (κ1) is 19.2. The highest BCUT2D eigenvalue weighted by Gasteiger charge is 2.24. The van der Waals surface area contributed by atoms with Gasteiger partial charge in [-0.3, -0.25) is 9.48 Å². The summed E-state index contributed by atoms with van der Waals surface area (Å²) in [5.41, 5.74) is 4.50. The third-order valence-electron chi connectivity index (χ3n) is 5.74. The molecule has 1 saturated heterocycles. The Kier molecular flexibility index (Phi) is 4.65. The molecule has 4 aromatic rings. The first-order chi connectivity index (χ1) is 15.0. The van der Waals surface area contributed by atoms with Gasteiger partial charge in [0.15, 0.2) is 5.65 Å². The number of rotatable bonds is 3. The molecule has 0 atom stereocenters. The van der Waals surface area contributed by atoms with Crippen LogP contribution in [-0.2, 0) is 7.05 Å². The number of hydrogen-bond donors (Lipinski definition) is 0. The number of piperazine rings is 1. The molecule has 1 fully saturated rings. The second-order valence-corrected chi connectivity index (χ2v) is 7.87. The molecule has 0 aliphatic carbocycles. The molecule has 9 nitrogen and oxygen atoms in total. The van der Waals surface area contributed by atoms with E-state index in [0.29, 0.717) is 18.7 Å². The van der Waals surface area contributed by atoms with Crippen molar-refractivity contribution in [2.45, 2.75) is 13.8 Å². The summed E-state index contributed by atoms with van der Waals surface area (Å²) in [6.45, 7) is 6.72. The minimum Gasteiger partial charge on any atom is -0.352 e. The average molecular weight is 416 g/mol. The summed E-state index contributed by atoms with van der Waals surface area (Å²) in [6, 6.07) is 9.69. The topological polar surface area (TPSA) is 85.0 Å². The molecule has 31 heavy (non-hydrogen) atoms. The van der Waals surface area contributed by atoms with Gasteiger partial charge in [0.2, 0.25) is 0 Å². The predicted octanol–water partition coefficient (Wildman–Crippen LogP) is 2.13. The lowest BCUT2D eigenvalue weighted by Crippen LogP contribution is -2.49. The number of aromatic nitrogens is 6. The highest BCUT2D eigenvalue weighted by atomic mass is 16.2. The van der Waals surface area contributed by atoms with E-state index in [1.807, 2.05) is 60.8 Å². The van der Waals surface area contributed by atoms with Crippen LogP contribution < -0.4 is 4.90 Å². The van der Waals surface area contributed by atoms with E-state index in [9.17, 15) is 4.79 Å². The van der Waals surface area contributed by atoms with E-state index in [-0.39, 0.29) is 5.91 Å². The summed E-state index contributed by atoms with van der Waals surface area (Å²) in [5, 5.41) is 9.73. The summed E-state index contributed by atoms with van der Waals surface area (Å²) >= 11 is 0. The van der Waals surface area contributed by atoms with Crippen molar-refractivity contribution in [3.63, 3.8) is 0 Å². The summed E-state index contributed by atoms with van der Waals surface area (Å²) in [6.07, 6.45) is 3.37. The minimum atomic E-state index is 0.0498. The van der Waals surface area contributed by atoms with Gasteiger partial charge in [-0.15, -0.1) is 0 Å². The van der Waals surface area contributed by atoms with Crippen LogP contribution in [0.4, 0.5) is 5.82 Å². The van der Waals surface area contributed by atoms with E-state index in [1.165, 1.54) is 0 Å². The largest absolute Gasteiger partial charge is 0.352 e. The molecule has 4 heterocycles. The zero-order valence-corrected chi connectivity index (χ0v) is 17.9. The van der Waals surface area contributed by atoms with E-state index in [1.54, 1.807) is 17.2 Å². The van der Waals surface area contributed by atoms with Gasteiger partial charge in [-0.1, -0.05) is 0 Å². The van der Waals surface area contributed by atoms with Crippen LogP contribution >= 0.6 is 0 Å². The third kappa shape index (κ3) is 3.41. The van der Waals surface area contributed by atoms with Crippen molar-refractivity contribution in [1.82, 2.24) is 34.4 Å². The molecular formula is C22H24N8O. The second-order valence-electron chi connectivity index (χ2n) is 7.87. The van der Waals surface area contributed by atoms with Gasteiger partial charge in [0, 0.05) is 44.5 Å². The van der Waals surface area contributed by atoms with Crippen molar-refractivity contribution in [2.24, 2.45) is 7.05 Å². The van der Waals surface area contributed by atoms with Gasteiger partial charge in [0.25, 0.3) is 5.91 Å². The standard InChI is InChI=1S/C22H24N8O/c1-15-12-16(2)30(26-15)18-6-4-17(5-7-18)22(31)29-10-8-28(9-11-29)21-19-13-25-27(3)20(19)23-14-24-21/h4-7,12-14H,8-11H2,1-3H3. The number of hydrogen-bond acceptors (Lipinski definition) is 6. The van der Waals surface area contributed by atoms with Gasteiger partial charge in [0.05, 0.1) is 23.0 Å². The molecule has 9 heteroatoms. The molecule has 3 aromatic heterocycles. The van der Waals surface area contributed by atoms with Crippen molar-refractivity contribution < 1.29 is 4.79 Å². The fourth-order valence-corrected chi connectivity index (χ4v) is 4.14. The normalized spacial score (nSPS) is 14.4. The smallest absolute Gasteiger partial charge is 0.253 e. The number of anilines is 1. The van der Waals surface area contributed by atoms with Gasteiger partial charge in [-0.05, 0) is 44.2 Å². The Morgan fingerprint density at radius 3 is 2.42 bits per heavy atom. The molecule has 0 N–H and O–H groups in total. The molecule has 0 radical (unpaired) electrons. The molecule has 1 aliphatic heterocycles. The number of aryl methyl sites for hydroxylation is 3. The zero-order valence-electron chi connectivity index (χ0n) is 17.9. The van der Waals surface area contributed by atoms with Crippen LogP contribution in [0.15, 0.2) is 42.9 Å². The first-order valence-corrected chi connectivity index (χ1v) is 10.3. The molecule has 0 bridgehead atoms. The maximum absolute atomic E-state index is 13.0. The predicted molar refractivity (Wildman–Crippen MR) is 117 cm³/mol. The quantitative estimate of drug-likeness (QED) is 0.509. The van der Waals surface area contributed by atoms with Gasteiger partial charge >= 0.3 is 0 Å². The monoisotopic (exact) mass is 416 g/mol. The lowest BCUT2D eigenvalue weighted by molar-refractivity contribution is 0.0746. The van der Waals surface area contributed by atoms with Crippen molar-refractivity contribution in [3.05, 3.63) is 59.8 Å². The molecule has 1 amide bonds. The molecule has 158 valence electrons. The molecular weight excluding hydrogens is 392 g/mol.